The molecule has 0 aliphatic heterocycles. The molecule has 1 aliphatic rings. The van der Waals surface area contributed by atoms with E-state index in [0.717, 1.165) is 6.54 Å². The van der Waals surface area contributed by atoms with Crippen molar-refractivity contribution in [2.24, 2.45) is 5.92 Å². The lowest BCUT2D eigenvalue weighted by Crippen LogP contribution is -2.20. The first-order chi connectivity index (χ1) is 7.74. The summed E-state index contributed by atoms with van der Waals surface area (Å²) in [6, 6.07) is 0.523. The first kappa shape index (κ1) is 11.7. The number of nitrogens with one attached hydrogen (secondary N) is 1. The summed E-state index contributed by atoms with van der Waals surface area (Å²) in [5.41, 5.74) is 2.94. The van der Waals surface area contributed by atoms with Crippen LogP contribution in [-0.4, -0.2) is 23.3 Å². The average molecular weight is 222 g/mol. The summed E-state index contributed by atoms with van der Waals surface area (Å²) in [7, 11) is 2.04. The van der Waals surface area contributed by atoms with Gasteiger partial charge in [0, 0.05) is 31.6 Å². The van der Waals surface area contributed by atoms with Gasteiger partial charge in [-0.25, -0.2) is 0 Å². The predicted octanol–water partition coefficient (Wildman–Crippen LogP) is 1.71. The van der Waals surface area contributed by atoms with Crippen molar-refractivity contribution in [1.82, 2.24) is 9.88 Å². The van der Waals surface area contributed by atoms with Crippen LogP contribution < -0.4 is 5.32 Å². The molecule has 1 aromatic rings. The second kappa shape index (κ2) is 5.02. The van der Waals surface area contributed by atoms with Gasteiger partial charge >= 0.3 is 0 Å². The Morgan fingerprint density at radius 2 is 2.38 bits per heavy atom. The molecule has 0 fully saturated rings. The van der Waals surface area contributed by atoms with Crippen molar-refractivity contribution >= 4 is 0 Å². The van der Waals surface area contributed by atoms with Crippen molar-refractivity contribution in [2.45, 2.75) is 38.8 Å². The standard InChI is InChI=1S/C13H22N2O/c1-10(9-16)6-15-7-11-4-3-5-13(14-2)12(11)8-15/h7-8,10,13-14,16H,3-6,9H2,1-2H3. The molecule has 3 nitrogen and oxygen atoms in total. The van der Waals surface area contributed by atoms with Crippen LogP contribution in [-0.2, 0) is 13.0 Å². The van der Waals surface area contributed by atoms with Gasteiger partial charge in [0.15, 0.2) is 0 Å². The second-order valence-electron chi connectivity index (χ2n) is 4.96. The summed E-state index contributed by atoms with van der Waals surface area (Å²) in [4.78, 5) is 0. The van der Waals surface area contributed by atoms with Crippen LogP contribution in [0.5, 0.6) is 0 Å². The normalized spacial score (nSPS) is 21.8. The van der Waals surface area contributed by atoms with Crippen LogP contribution in [0.3, 0.4) is 0 Å². The first-order valence-electron chi connectivity index (χ1n) is 6.21. The molecule has 0 saturated carbocycles. The van der Waals surface area contributed by atoms with Crippen molar-refractivity contribution in [3.8, 4) is 0 Å². The molecule has 0 amide bonds. The van der Waals surface area contributed by atoms with E-state index < -0.39 is 0 Å². The molecule has 2 N–H and O–H groups in total. The predicted molar refractivity (Wildman–Crippen MR) is 65.4 cm³/mol. The van der Waals surface area contributed by atoms with Gasteiger partial charge < -0.3 is 15.0 Å². The molecule has 0 saturated heterocycles. The third kappa shape index (κ3) is 2.30. The highest BCUT2D eigenvalue weighted by Gasteiger charge is 2.20. The Kier molecular flexibility index (Phi) is 3.66. The Morgan fingerprint density at radius 1 is 1.56 bits per heavy atom. The van der Waals surface area contributed by atoms with Crippen LogP contribution in [0.2, 0.25) is 0 Å². The fourth-order valence-corrected chi connectivity index (χ4v) is 2.57. The molecule has 0 bridgehead atoms. The average Bonchev–Trinajstić information content (AvgIpc) is 2.70. The zero-order valence-electron chi connectivity index (χ0n) is 10.2. The van der Waals surface area contributed by atoms with Gasteiger partial charge in [-0.1, -0.05) is 6.92 Å². The summed E-state index contributed by atoms with van der Waals surface area (Å²) in [5.74, 6) is 0.335. The zero-order valence-corrected chi connectivity index (χ0v) is 10.2. The monoisotopic (exact) mass is 222 g/mol. The Bertz CT molecular complexity index is 346. The first-order valence-corrected chi connectivity index (χ1v) is 6.21. The van der Waals surface area contributed by atoms with Crippen LogP contribution in [0.4, 0.5) is 0 Å². The van der Waals surface area contributed by atoms with Gasteiger partial charge in [-0.15, -0.1) is 0 Å². The van der Waals surface area contributed by atoms with E-state index in [4.69, 9.17) is 5.11 Å². The zero-order chi connectivity index (χ0) is 11.5. The molecule has 0 radical (unpaired) electrons. The molecule has 2 rings (SSSR count). The Balaban J connectivity index is 2.15. The van der Waals surface area contributed by atoms with Gasteiger partial charge in [0.2, 0.25) is 0 Å². The van der Waals surface area contributed by atoms with Crippen LogP contribution in [0.15, 0.2) is 12.4 Å². The minimum atomic E-state index is 0.262. The van der Waals surface area contributed by atoms with E-state index in [9.17, 15) is 0 Å². The lowest BCUT2D eigenvalue weighted by atomic mass is 9.91. The molecule has 0 spiro atoms. The minimum absolute atomic E-state index is 0.262. The quantitative estimate of drug-likeness (QED) is 0.814. The molecule has 3 heteroatoms. The summed E-state index contributed by atoms with van der Waals surface area (Å²) in [5, 5.41) is 12.4. The highest BCUT2D eigenvalue weighted by atomic mass is 16.3. The largest absolute Gasteiger partial charge is 0.396 e. The molecule has 2 unspecified atom stereocenters. The molecular weight excluding hydrogens is 200 g/mol. The van der Waals surface area contributed by atoms with Crippen molar-refractivity contribution in [1.29, 1.82) is 0 Å². The lowest BCUT2D eigenvalue weighted by Gasteiger charge is -2.21. The summed E-state index contributed by atoms with van der Waals surface area (Å²) < 4.78 is 2.24. The van der Waals surface area contributed by atoms with E-state index in [2.05, 4.69) is 29.2 Å². The Labute approximate surface area is 97.5 Å². The molecule has 2 atom stereocenters. The van der Waals surface area contributed by atoms with E-state index in [0.29, 0.717) is 12.0 Å². The molecule has 16 heavy (non-hydrogen) atoms. The van der Waals surface area contributed by atoms with Crippen molar-refractivity contribution in [3.63, 3.8) is 0 Å². The number of aliphatic hydroxyl groups excluding tert-OH is 1. The van der Waals surface area contributed by atoms with E-state index >= 15 is 0 Å². The van der Waals surface area contributed by atoms with Crippen molar-refractivity contribution in [3.05, 3.63) is 23.5 Å². The van der Waals surface area contributed by atoms with E-state index in [1.165, 1.54) is 30.4 Å². The van der Waals surface area contributed by atoms with Crippen LogP contribution >= 0.6 is 0 Å². The Hall–Kier alpha value is -0.800. The molecule has 90 valence electrons. The highest BCUT2D eigenvalue weighted by molar-refractivity contribution is 5.30. The third-order valence-corrected chi connectivity index (χ3v) is 3.49. The number of aromatic nitrogens is 1. The number of aryl methyl sites for hydroxylation is 1. The fourth-order valence-electron chi connectivity index (χ4n) is 2.57. The molecule has 1 aliphatic carbocycles. The summed E-state index contributed by atoms with van der Waals surface area (Å²) >= 11 is 0. The number of rotatable bonds is 4. The maximum atomic E-state index is 9.07. The molecular formula is C13H22N2O. The van der Waals surface area contributed by atoms with Gasteiger partial charge in [-0.2, -0.15) is 0 Å². The second-order valence-corrected chi connectivity index (χ2v) is 4.96. The fraction of sp³-hybridized carbons (Fsp3) is 0.692. The van der Waals surface area contributed by atoms with E-state index in [-0.39, 0.29) is 6.61 Å². The lowest BCUT2D eigenvalue weighted by molar-refractivity contribution is 0.223. The number of fused-ring (bicyclic) bond motifs is 1. The van der Waals surface area contributed by atoms with Gasteiger partial charge in [-0.3, -0.25) is 0 Å². The number of aliphatic hydroxyl groups is 1. The van der Waals surface area contributed by atoms with E-state index in [1.807, 2.05) is 7.05 Å². The third-order valence-electron chi connectivity index (χ3n) is 3.49. The van der Waals surface area contributed by atoms with Gasteiger partial charge in [0.05, 0.1) is 0 Å². The SMILES string of the molecule is CNC1CCCc2cn(CC(C)CO)cc21. The van der Waals surface area contributed by atoms with Crippen molar-refractivity contribution in [2.75, 3.05) is 13.7 Å². The van der Waals surface area contributed by atoms with Crippen molar-refractivity contribution < 1.29 is 5.11 Å². The summed E-state index contributed by atoms with van der Waals surface area (Å²) in [6.07, 6.45) is 8.22. The molecule has 0 aromatic carbocycles. The van der Waals surface area contributed by atoms with Crippen LogP contribution in [0.25, 0.3) is 0 Å². The highest BCUT2D eigenvalue weighted by Crippen LogP contribution is 2.30. The maximum absolute atomic E-state index is 9.07. The van der Waals surface area contributed by atoms with Gasteiger partial charge in [-0.05, 0) is 43.4 Å². The van der Waals surface area contributed by atoms with Gasteiger partial charge in [0.25, 0.3) is 0 Å². The smallest absolute Gasteiger partial charge is 0.0473 e. The van der Waals surface area contributed by atoms with Gasteiger partial charge in [0.1, 0.15) is 0 Å². The topological polar surface area (TPSA) is 37.2 Å². The minimum Gasteiger partial charge on any atom is -0.396 e. The number of hydrogen-bond acceptors (Lipinski definition) is 2. The maximum Gasteiger partial charge on any atom is 0.0473 e. The van der Waals surface area contributed by atoms with Crippen LogP contribution in [0.1, 0.15) is 36.9 Å². The number of nitrogens with zero attached hydrogens (tertiary/aromatic N) is 1. The van der Waals surface area contributed by atoms with E-state index in [1.54, 1.807) is 0 Å². The summed E-state index contributed by atoms with van der Waals surface area (Å²) in [6.45, 7) is 3.26. The molecule has 1 aromatic heterocycles. The Morgan fingerprint density at radius 3 is 3.06 bits per heavy atom. The van der Waals surface area contributed by atoms with Crippen LogP contribution in [0, 0.1) is 5.92 Å². The number of hydrogen-bond donors (Lipinski definition) is 2. The molecule has 1 heterocycles.